The second-order valence-electron chi connectivity index (χ2n) is 5.96. The highest BCUT2D eigenvalue weighted by molar-refractivity contribution is 5.47. The van der Waals surface area contributed by atoms with Crippen molar-refractivity contribution in [1.82, 2.24) is 9.97 Å². The third-order valence-electron chi connectivity index (χ3n) is 4.08. The Morgan fingerprint density at radius 3 is 2.81 bits per heavy atom. The molecule has 2 atom stereocenters. The van der Waals surface area contributed by atoms with Crippen molar-refractivity contribution < 1.29 is 4.74 Å². The van der Waals surface area contributed by atoms with Crippen LogP contribution in [-0.4, -0.2) is 30.2 Å². The number of nitrogens with zero attached hydrogens (tertiary/aromatic N) is 2. The van der Waals surface area contributed by atoms with E-state index in [9.17, 15) is 0 Å². The summed E-state index contributed by atoms with van der Waals surface area (Å²) in [5, 5.41) is 6.56. The summed E-state index contributed by atoms with van der Waals surface area (Å²) in [4.78, 5) is 8.94. The number of hydrogen-bond acceptors (Lipinski definition) is 5. The lowest BCUT2D eigenvalue weighted by Crippen LogP contribution is -2.21. The highest BCUT2D eigenvalue weighted by Gasteiger charge is 2.18. The van der Waals surface area contributed by atoms with Crippen LogP contribution in [0.5, 0.6) is 0 Å². The smallest absolute Gasteiger partial charge is 0.158 e. The van der Waals surface area contributed by atoms with Crippen LogP contribution in [-0.2, 0) is 11.3 Å². The molecule has 0 aliphatic heterocycles. The van der Waals surface area contributed by atoms with E-state index >= 15 is 0 Å². The van der Waals surface area contributed by atoms with Crippen LogP contribution in [0.4, 0.5) is 11.6 Å². The molecule has 1 aromatic rings. The third-order valence-corrected chi connectivity index (χ3v) is 4.08. The molecule has 5 heteroatoms. The van der Waals surface area contributed by atoms with E-state index < -0.39 is 0 Å². The van der Waals surface area contributed by atoms with Gasteiger partial charge < -0.3 is 15.4 Å². The summed E-state index contributed by atoms with van der Waals surface area (Å²) in [7, 11) is 1.87. The van der Waals surface area contributed by atoms with E-state index in [4.69, 9.17) is 4.74 Å². The summed E-state index contributed by atoms with van der Waals surface area (Å²) in [6, 6.07) is 1.96. The molecule has 1 fully saturated rings. The summed E-state index contributed by atoms with van der Waals surface area (Å²) in [6.45, 7) is 6.47. The average molecular weight is 292 g/mol. The number of aromatic nitrogens is 2. The molecule has 2 rings (SSSR count). The largest absolute Gasteiger partial charge is 0.374 e. The summed E-state index contributed by atoms with van der Waals surface area (Å²) < 4.78 is 5.40. The normalized spacial score (nSPS) is 22.0. The first-order valence-electron chi connectivity index (χ1n) is 8.08. The molecule has 0 bridgehead atoms. The molecule has 2 N–H and O–H groups in total. The highest BCUT2D eigenvalue weighted by atomic mass is 16.5. The highest BCUT2D eigenvalue weighted by Crippen LogP contribution is 2.28. The van der Waals surface area contributed by atoms with Gasteiger partial charge in [-0.25, -0.2) is 9.97 Å². The minimum Gasteiger partial charge on any atom is -0.374 e. The minimum atomic E-state index is 0.459. The molecular formula is C16H28N4O. The molecule has 1 saturated carbocycles. The van der Waals surface area contributed by atoms with Crippen LogP contribution in [0.2, 0.25) is 0 Å². The van der Waals surface area contributed by atoms with Crippen LogP contribution >= 0.6 is 0 Å². The summed E-state index contributed by atoms with van der Waals surface area (Å²) in [6.07, 6.45) is 5.39. The maximum atomic E-state index is 5.40. The van der Waals surface area contributed by atoms with Crippen LogP contribution in [0.25, 0.3) is 0 Å². The van der Waals surface area contributed by atoms with E-state index in [0.29, 0.717) is 13.2 Å². The predicted octanol–water partition coefficient (Wildman–Crippen LogP) is 3.29. The standard InChI is InChI=1S/C16H28N4O/c1-4-21-11-16-19-14(17-3)9-15(20-16)18-10-13-7-5-6-12(2)8-13/h9,12-13H,4-8,10-11H2,1-3H3,(H2,17,18,19,20). The van der Waals surface area contributed by atoms with Crippen molar-refractivity contribution in [3.63, 3.8) is 0 Å². The zero-order chi connectivity index (χ0) is 15.1. The van der Waals surface area contributed by atoms with Gasteiger partial charge in [0.15, 0.2) is 5.82 Å². The first-order chi connectivity index (χ1) is 10.2. The Morgan fingerprint density at radius 2 is 2.10 bits per heavy atom. The van der Waals surface area contributed by atoms with Gasteiger partial charge in [0.05, 0.1) is 0 Å². The quantitative estimate of drug-likeness (QED) is 0.807. The monoisotopic (exact) mass is 292 g/mol. The Hall–Kier alpha value is -1.36. The minimum absolute atomic E-state index is 0.459. The molecule has 21 heavy (non-hydrogen) atoms. The Balaban J connectivity index is 1.94. The van der Waals surface area contributed by atoms with Gasteiger partial charge in [-0.3, -0.25) is 0 Å². The van der Waals surface area contributed by atoms with E-state index in [2.05, 4.69) is 27.5 Å². The molecule has 0 amide bonds. The Labute approximate surface area is 127 Å². The zero-order valence-corrected chi connectivity index (χ0v) is 13.5. The molecule has 0 saturated heterocycles. The number of nitrogens with one attached hydrogen (secondary N) is 2. The van der Waals surface area contributed by atoms with Crippen LogP contribution in [0.15, 0.2) is 6.07 Å². The molecule has 1 aromatic heterocycles. The topological polar surface area (TPSA) is 59.1 Å². The molecule has 118 valence electrons. The molecule has 2 unspecified atom stereocenters. The lowest BCUT2D eigenvalue weighted by molar-refractivity contribution is 0.128. The number of rotatable bonds is 7. The zero-order valence-electron chi connectivity index (χ0n) is 13.5. The van der Waals surface area contributed by atoms with Crippen LogP contribution in [0.3, 0.4) is 0 Å². The van der Waals surface area contributed by atoms with Gasteiger partial charge in [-0.2, -0.15) is 0 Å². The van der Waals surface area contributed by atoms with E-state index in [1.807, 2.05) is 20.0 Å². The van der Waals surface area contributed by atoms with Crippen molar-refractivity contribution in [2.75, 3.05) is 30.8 Å². The molecular weight excluding hydrogens is 264 g/mol. The van der Waals surface area contributed by atoms with E-state index in [0.717, 1.165) is 35.8 Å². The van der Waals surface area contributed by atoms with Gasteiger partial charge >= 0.3 is 0 Å². The van der Waals surface area contributed by atoms with Gasteiger partial charge in [0.2, 0.25) is 0 Å². The average Bonchev–Trinajstić information content (AvgIpc) is 2.51. The van der Waals surface area contributed by atoms with Crippen molar-refractivity contribution in [3.8, 4) is 0 Å². The molecule has 1 aliphatic carbocycles. The third kappa shape index (κ3) is 5.16. The first-order valence-corrected chi connectivity index (χ1v) is 8.08. The van der Waals surface area contributed by atoms with Crippen molar-refractivity contribution in [2.45, 2.75) is 46.1 Å². The molecule has 1 heterocycles. The first kappa shape index (κ1) is 16.0. The summed E-state index contributed by atoms with van der Waals surface area (Å²) in [5.41, 5.74) is 0. The van der Waals surface area contributed by atoms with Gasteiger partial charge in [-0.05, 0) is 31.6 Å². The summed E-state index contributed by atoms with van der Waals surface area (Å²) >= 11 is 0. The fraction of sp³-hybridized carbons (Fsp3) is 0.750. The van der Waals surface area contributed by atoms with Crippen molar-refractivity contribution >= 4 is 11.6 Å². The maximum Gasteiger partial charge on any atom is 0.158 e. The van der Waals surface area contributed by atoms with Crippen molar-refractivity contribution in [1.29, 1.82) is 0 Å². The molecule has 5 nitrogen and oxygen atoms in total. The Morgan fingerprint density at radius 1 is 1.29 bits per heavy atom. The summed E-state index contributed by atoms with van der Waals surface area (Å²) in [5.74, 6) is 4.07. The van der Waals surface area contributed by atoms with Crippen molar-refractivity contribution in [2.24, 2.45) is 11.8 Å². The van der Waals surface area contributed by atoms with Gasteiger partial charge in [0.1, 0.15) is 18.2 Å². The lowest BCUT2D eigenvalue weighted by atomic mass is 9.82. The van der Waals surface area contributed by atoms with Gasteiger partial charge in [0, 0.05) is 26.3 Å². The van der Waals surface area contributed by atoms with Crippen LogP contribution in [0.1, 0.15) is 45.4 Å². The lowest BCUT2D eigenvalue weighted by Gasteiger charge is -2.27. The van der Waals surface area contributed by atoms with Gasteiger partial charge in [-0.1, -0.05) is 19.8 Å². The Kier molecular flexibility index (Phi) is 6.23. The fourth-order valence-electron chi connectivity index (χ4n) is 2.97. The molecule has 0 radical (unpaired) electrons. The number of ether oxygens (including phenoxy) is 1. The molecule has 0 aromatic carbocycles. The molecule has 0 spiro atoms. The van der Waals surface area contributed by atoms with Crippen LogP contribution in [0, 0.1) is 11.8 Å². The van der Waals surface area contributed by atoms with Crippen molar-refractivity contribution in [3.05, 3.63) is 11.9 Å². The SMILES string of the molecule is CCOCc1nc(NC)cc(NCC2CCCC(C)C2)n1. The fourth-order valence-corrected chi connectivity index (χ4v) is 2.97. The number of anilines is 2. The molecule has 1 aliphatic rings. The van der Waals surface area contributed by atoms with Gasteiger partial charge in [-0.15, -0.1) is 0 Å². The number of hydrogen-bond donors (Lipinski definition) is 2. The second-order valence-corrected chi connectivity index (χ2v) is 5.96. The van der Waals surface area contributed by atoms with Crippen LogP contribution < -0.4 is 10.6 Å². The predicted molar refractivity (Wildman–Crippen MR) is 86.5 cm³/mol. The Bertz CT molecular complexity index is 438. The van der Waals surface area contributed by atoms with E-state index in [1.165, 1.54) is 25.7 Å². The van der Waals surface area contributed by atoms with E-state index in [-0.39, 0.29) is 0 Å². The maximum absolute atomic E-state index is 5.40. The second kappa shape index (κ2) is 8.17. The van der Waals surface area contributed by atoms with E-state index in [1.54, 1.807) is 0 Å². The van der Waals surface area contributed by atoms with Gasteiger partial charge in [0.25, 0.3) is 0 Å².